The summed E-state index contributed by atoms with van der Waals surface area (Å²) in [5.74, 6) is -2.01. The Hall–Kier alpha value is -1.55. The van der Waals surface area contributed by atoms with Crippen molar-refractivity contribution in [3.63, 3.8) is 0 Å². The maximum Gasteiger partial charge on any atom is 0.377 e. The minimum Gasteiger partial charge on any atom is -0.476 e. The number of carboxylic acids is 1. The van der Waals surface area contributed by atoms with Crippen molar-refractivity contribution in [2.75, 3.05) is 7.11 Å². The van der Waals surface area contributed by atoms with Gasteiger partial charge in [-0.1, -0.05) is 18.2 Å². The van der Waals surface area contributed by atoms with Gasteiger partial charge in [-0.15, -0.1) is 0 Å². The van der Waals surface area contributed by atoms with Crippen molar-refractivity contribution in [2.24, 2.45) is 0 Å². The van der Waals surface area contributed by atoms with Crippen LogP contribution in [0.1, 0.15) is 12.0 Å². The van der Waals surface area contributed by atoms with Gasteiger partial charge in [0.1, 0.15) is 5.75 Å². The minimum atomic E-state index is -1.52. The van der Waals surface area contributed by atoms with Crippen LogP contribution in [0.25, 0.3) is 0 Å². The first kappa shape index (κ1) is 9.98. The standard InChI is InChI=1S/C11H12O4/c1-14-11(10(12)13)7-6-8-4-2-3-5-9(8)15-11/h2-5H,6-7H2,1H3,(H,12,13). The summed E-state index contributed by atoms with van der Waals surface area (Å²) in [4.78, 5) is 11.1. The molecule has 4 heteroatoms. The van der Waals surface area contributed by atoms with E-state index in [1.165, 1.54) is 7.11 Å². The van der Waals surface area contributed by atoms with Crippen molar-refractivity contribution in [3.8, 4) is 5.75 Å². The highest BCUT2D eigenvalue weighted by Crippen LogP contribution is 2.33. The molecule has 0 fully saturated rings. The number of ether oxygens (including phenoxy) is 2. The molecule has 1 aliphatic heterocycles. The second-order valence-electron chi connectivity index (χ2n) is 3.47. The van der Waals surface area contributed by atoms with Crippen molar-refractivity contribution in [3.05, 3.63) is 29.8 Å². The number of hydrogen-bond donors (Lipinski definition) is 1. The number of para-hydroxylation sites is 1. The van der Waals surface area contributed by atoms with Gasteiger partial charge < -0.3 is 14.6 Å². The lowest BCUT2D eigenvalue weighted by atomic mass is 10.00. The van der Waals surface area contributed by atoms with Gasteiger partial charge in [0.2, 0.25) is 0 Å². The van der Waals surface area contributed by atoms with Crippen LogP contribution in [0, 0.1) is 0 Å². The van der Waals surface area contributed by atoms with Gasteiger partial charge in [-0.25, -0.2) is 4.79 Å². The Labute approximate surface area is 87.4 Å². The third kappa shape index (κ3) is 1.57. The molecule has 0 aromatic heterocycles. The Morgan fingerprint density at radius 2 is 2.27 bits per heavy atom. The van der Waals surface area contributed by atoms with Gasteiger partial charge >= 0.3 is 11.8 Å². The van der Waals surface area contributed by atoms with E-state index in [2.05, 4.69) is 0 Å². The number of benzene rings is 1. The summed E-state index contributed by atoms with van der Waals surface area (Å²) in [5, 5.41) is 9.06. The number of aryl methyl sites for hydroxylation is 1. The number of carbonyl (C=O) groups is 1. The monoisotopic (exact) mass is 208 g/mol. The second kappa shape index (κ2) is 3.55. The molecule has 0 aliphatic carbocycles. The maximum atomic E-state index is 11.1. The molecule has 80 valence electrons. The van der Waals surface area contributed by atoms with E-state index in [-0.39, 0.29) is 0 Å². The van der Waals surface area contributed by atoms with E-state index in [0.717, 1.165) is 5.56 Å². The smallest absolute Gasteiger partial charge is 0.377 e. The first-order valence-corrected chi connectivity index (χ1v) is 4.73. The molecule has 4 nitrogen and oxygen atoms in total. The number of fused-ring (bicyclic) bond motifs is 1. The molecule has 0 saturated heterocycles. The van der Waals surface area contributed by atoms with Crippen molar-refractivity contribution < 1.29 is 19.4 Å². The third-order valence-electron chi connectivity index (χ3n) is 2.63. The molecule has 0 bridgehead atoms. The summed E-state index contributed by atoms with van der Waals surface area (Å²) < 4.78 is 10.4. The third-order valence-corrected chi connectivity index (χ3v) is 2.63. The summed E-state index contributed by atoms with van der Waals surface area (Å²) in [6.07, 6.45) is 0.978. The zero-order chi connectivity index (χ0) is 10.9. The molecular formula is C11H12O4. The van der Waals surface area contributed by atoms with Crippen LogP contribution in [0.2, 0.25) is 0 Å². The van der Waals surface area contributed by atoms with Crippen LogP contribution >= 0.6 is 0 Å². The molecule has 0 radical (unpaired) electrons. The lowest BCUT2D eigenvalue weighted by Crippen LogP contribution is -2.48. The Bertz CT molecular complexity index is 388. The Morgan fingerprint density at radius 3 is 2.93 bits per heavy atom. The average molecular weight is 208 g/mol. The molecule has 1 atom stereocenters. The molecular weight excluding hydrogens is 196 g/mol. The number of hydrogen-bond acceptors (Lipinski definition) is 3. The first-order chi connectivity index (χ1) is 7.18. The highest BCUT2D eigenvalue weighted by atomic mass is 16.7. The lowest BCUT2D eigenvalue weighted by Gasteiger charge is -2.33. The fraction of sp³-hybridized carbons (Fsp3) is 0.364. The SMILES string of the molecule is COC1(C(=O)O)CCc2ccccc2O1. The van der Waals surface area contributed by atoms with Crippen molar-refractivity contribution in [1.29, 1.82) is 0 Å². The van der Waals surface area contributed by atoms with Crippen LogP contribution < -0.4 is 4.74 Å². The van der Waals surface area contributed by atoms with Crippen LogP contribution in [-0.2, 0) is 16.0 Å². The molecule has 1 heterocycles. The number of methoxy groups -OCH3 is 1. The van der Waals surface area contributed by atoms with Crippen molar-refractivity contribution >= 4 is 5.97 Å². The fourth-order valence-corrected chi connectivity index (χ4v) is 1.72. The lowest BCUT2D eigenvalue weighted by molar-refractivity contribution is -0.208. The second-order valence-corrected chi connectivity index (χ2v) is 3.47. The Kier molecular flexibility index (Phi) is 2.36. The molecule has 0 saturated carbocycles. The van der Waals surface area contributed by atoms with Gasteiger partial charge in [-0.05, 0) is 18.1 Å². The molecule has 0 spiro atoms. The predicted octanol–water partition coefficient (Wildman–Crippen LogP) is 1.44. The van der Waals surface area contributed by atoms with Crippen molar-refractivity contribution in [2.45, 2.75) is 18.6 Å². The van der Waals surface area contributed by atoms with Crippen LogP contribution in [0.5, 0.6) is 5.75 Å². The number of rotatable bonds is 2. The van der Waals surface area contributed by atoms with Gasteiger partial charge in [0.05, 0.1) is 0 Å². The molecule has 15 heavy (non-hydrogen) atoms. The quantitative estimate of drug-likeness (QED) is 0.799. The summed E-state index contributed by atoms with van der Waals surface area (Å²) in [6, 6.07) is 7.40. The fourth-order valence-electron chi connectivity index (χ4n) is 1.72. The van der Waals surface area contributed by atoms with Gasteiger partial charge in [0.25, 0.3) is 0 Å². The minimum absolute atomic E-state index is 0.329. The van der Waals surface area contributed by atoms with E-state index >= 15 is 0 Å². The van der Waals surface area contributed by atoms with E-state index in [9.17, 15) is 4.79 Å². The average Bonchev–Trinajstić information content (AvgIpc) is 2.28. The van der Waals surface area contributed by atoms with Crippen LogP contribution in [0.4, 0.5) is 0 Å². The van der Waals surface area contributed by atoms with E-state index < -0.39 is 11.8 Å². The number of aliphatic carboxylic acids is 1. The molecule has 0 amide bonds. The van der Waals surface area contributed by atoms with Gasteiger partial charge in [-0.2, -0.15) is 0 Å². The van der Waals surface area contributed by atoms with Crippen LogP contribution in [-0.4, -0.2) is 24.0 Å². The number of carboxylic acid groups (broad SMARTS) is 1. The summed E-state index contributed by atoms with van der Waals surface area (Å²) in [6.45, 7) is 0. The largest absolute Gasteiger partial charge is 0.476 e. The molecule has 1 N–H and O–H groups in total. The first-order valence-electron chi connectivity index (χ1n) is 4.73. The van der Waals surface area contributed by atoms with E-state index in [4.69, 9.17) is 14.6 Å². The zero-order valence-electron chi connectivity index (χ0n) is 8.40. The maximum absolute atomic E-state index is 11.1. The molecule has 1 aliphatic rings. The van der Waals surface area contributed by atoms with Gasteiger partial charge in [0.15, 0.2) is 0 Å². The summed E-state index contributed by atoms with van der Waals surface area (Å²) in [5.41, 5.74) is 1.02. The van der Waals surface area contributed by atoms with Gasteiger partial charge in [0, 0.05) is 13.5 Å². The van der Waals surface area contributed by atoms with Crippen LogP contribution in [0.15, 0.2) is 24.3 Å². The molecule has 1 aromatic rings. The van der Waals surface area contributed by atoms with Crippen molar-refractivity contribution in [1.82, 2.24) is 0 Å². The zero-order valence-corrected chi connectivity index (χ0v) is 8.40. The normalized spacial score (nSPS) is 24.1. The van der Waals surface area contributed by atoms with E-state index in [1.54, 1.807) is 6.07 Å². The summed E-state index contributed by atoms with van der Waals surface area (Å²) >= 11 is 0. The predicted molar refractivity (Wildman–Crippen MR) is 52.8 cm³/mol. The molecule has 2 rings (SSSR count). The van der Waals surface area contributed by atoms with Gasteiger partial charge in [-0.3, -0.25) is 0 Å². The molecule has 1 unspecified atom stereocenters. The summed E-state index contributed by atoms with van der Waals surface area (Å²) in [7, 11) is 1.35. The highest BCUT2D eigenvalue weighted by Gasteiger charge is 2.44. The Morgan fingerprint density at radius 1 is 1.53 bits per heavy atom. The van der Waals surface area contributed by atoms with E-state index in [0.29, 0.717) is 18.6 Å². The van der Waals surface area contributed by atoms with E-state index in [1.807, 2.05) is 18.2 Å². The molecule has 1 aromatic carbocycles. The Balaban J connectivity index is 2.35. The highest BCUT2D eigenvalue weighted by molar-refractivity contribution is 5.76. The topological polar surface area (TPSA) is 55.8 Å². The van der Waals surface area contributed by atoms with Crippen LogP contribution in [0.3, 0.4) is 0 Å².